The van der Waals surface area contributed by atoms with Crippen molar-refractivity contribution in [3.8, 4) is 0 Å². The van der Waals surface area contributed by atoms with Crippen LogP contribution in [0.25, 0.3) is 0 Å². The summed E-state index contributed by atoms with van der Waals surface area (Å²) in [6.45, 7) is 1.12. The van der Waals surface area contributed by atoms with E-state index in [9.17, 15) is 13.0 Å². The Hall–Kier alpha value is -0.910. The maximum absolute atomic E-state index is 10.3. The molecule has 0 bridgehead atoms. The van der Waals surface area contributed by atoms with Crippen LogP contribution in [0.4, 0.5) is 0 Å². The molecule has 0 aliphatic heterocycles. The van der Waals surface area contributed by atoms with Gasteiger partial charge in [-0.1, -0.05) is 30.3 Å². The monoisotopic (exact) mass is 257 g/mol. The van der Waals surface area contributed by atoms with Crippen molar-refractivity contribution in [1.29, 1.82) is 0 Å². The van der Waals surface area contributed by atoms with Crippen molar-refractivity contribution < 1.29 is 17.7 Å². The highest BCUT2D eigenvalue weighted by Gasteiger charge is 1.96. The van der Waals surface area contributed by atoms with Gasteiger partial charge in [0.15, 0.2) is 0 Å². The molecule has 96 valence electrons. The molecular weight excluding hydrogens is 240 g/mol. The topological polar surface area (TPSA) is 66.4 Å². The van der Waals surface area contributed by atoms with Gasteiger partial charge in [-0.05, 0) is 24.8 Å². The summed E-state index contributed by atoms with van der Waals surface area (Å²) < 4.78 is 36.3. The van der Waals surface area contributed by atoms with Crippen LogP contribution in [0.3, 0.4) is 0 Å². The van der Waals surface area contributed by atoms with E-state index in [2.05, 4.69) is 0 Å². The minimum Gasteiger partial charge on any atom is -0.748 e. The third kappa shape index (κ3) is 7.90. The molecule has 0 aliphatic carbocycles. The van der Waals surface area contributed by atoms with E-state index < -0.39 is 10.1 Å². The Morgan fingerprint density at radius 2 is 1.76 bits per heavy atom. The normalized spacial score (nSPS) is 11.6. The van der Waals surface area contributed by atoms with Gasteiger partial charge in [0.05, 0.1) is 16.7 Å². The van der Waals surface area contributed by atoms with Gasteiger partial charge in [-0.25, -0.2) is 8.42 Å². The minimum atomic E-state index is -4.07. The molecule has 5 heteroatoms. The fourth-order valence-electron chi connectivity index (χ4n) is 1.42. The van der Waals surface area contributed by atoms with E-state index in [0.717, 1.165) is 6.42 Å². The number of unbranched alkanes of at least 4 members (excludes halogenated alkanes) is 1. The summed E-state index contributed by atoms with van der Waals surface area (Å²) in [6.07, 6.45) is 1.83. The first kappa shape index (κ1) is 14.2. The summed E-state index contributed by atoms with van der Waals surface area (Å²) >= 11 is 0. The molecule has 0 heterocycles. The predicted molar refractivity (Wildman–Crippen MR) is 64.8 cm³/mol. The molecule has 0 amide bonds. The van der Waals surface area contributed by atoms with E-state index in [4.69, 9.17) is 4.74 Å². The molecule has 0 aromatic heterocycles. The molecule has 1 aromatic rings. The van der Waals surface area contributed by atoms with Crippen LogP contribution in [0.2, 0.25) is 0 Å². The summed E-state index contributed by atoms with van der Waals surface area (Å²) in [4.78, 5) is 0. The highest BCUT2D eigenvalue weighted by atomic mass is 32.2. The van der Waals surface area contributed by atoms with Crippen LogP contribution in [-0.4, -0.2) is 31.9 Å². The first-order valence-corrected chi connectivity index (χ1v) is 7.21. The van der Waals surface area contributed by atoms with Crippen molar-refractivity contribution in [1.82, 2.24) is 0 Å². The molecular formula is C12H17O4S-. The largest absolute Gasteiger partial charge is 0.748 e. The highest BCUT2D eigenvalue weighted by molar-refractivity contribution is 7.85. The average Bonchev–Trinajstić information content (AvgIpc) is 2.28. The second kappa shape index (κ2) is 7.42. The summed E-state index contributed by atoms with van der Waals surface area (Å²) in [6, 6.07) is 10.00. The van der Waals surface area contributed by atoms with E-state index in [1.54, 1.807) is 0 Å². The van der Waals surface area contributed by atoms with E-state index in [1.165, 1.54) is 5.56 Å². The Labute approximate surface area is 102 Å². The van der Waals surface area contributed by atoms with Gasteiger partial charge in [0.2, 0.25) is 0 Å². The molecule has 4 nitrogen and oxygen atoms in total. The van der Waals surface area contributed by atoms with Crippen molar-refractivity contribution in [2.45, 2.75) is 19.3 Å². The number of hydrogen-bond acceptors (Lipinski definition) is 4. The maximum atomic E-state index is 10.3. The summed E-state index contributed by atoms with van der Waals surface area (Å²) in [5, 5.41) is 0. The lowest BCUT2D eigenvalue weighted by Crippen LogP contribution is -2.06. The molecule has 0 N–H and O–H groups in total. The van der Waals surface area contributed by atoms with E-state index in [-0.39, 0.29) is 5.75 Å². The van der Waals surface area contributed by atoms with Gasteiger partial charge in [0.25, 0.3) is 0 Å². The lowest BCUT2D eigenvalue weighted by molar-refractivity contribution is 0.134. The van der Waals surface area contributed by atoms with Crippen molar-refractivity contribution in [2.24, 2.45) is 0 Å². The van der Waals surface area contributed by atoms with Crippen molar-refractivity contribution in [3.05, 3.63) is 35.9 Å². The highest BCUT2D eigenvalue weighted by Crippen LogP contribution is 2.00. The third-order valence-corrected chi connectivity index (χ3v) is 3.10. The zero-order chi connectivity index (χ0) is 12.6. The molecule has 0 atom stereocenters. The van der Waals surface area contributed by atoms with Gasteiger partial charge < -0.3 is 9.29 Å². The van der Waals surface area contributed by atoms with Crippen molar-refractivity contribution >= 4 is 10.1 Å². The summed E-state index contributed by atoms with van der Waals surface area (Å²) in [7, 11) is -4.07. The Bertz CT molecular complexity index is 400. The zero-order valence-corrected chi connectivity index (χ0v) is 10.5. The Morgan fingerprint density at radius 3 is 2.41 bits per heavy atom. The second-order valence-electron chi connectivity index (χ2n) is 3.82. The fourth-order valence-corrected chi connectivity index (χ4v) is 1.98. The molecule has 1 rings (SSSR count). The number of ether oxygens (including phenoxy) is 1. The van der Waals surface area contributed by atoms with Crippen LogP contribution in [0, 0.1) is 0 Å². The zero-order valence-electron chi connectivity index (χ0n) is 9.67. The van der Waals surface area contributed by atoms with Crippen LogP contribution in [0.5, 0.6) is 0 Å². The molecule has 0 saturated carbocycles. The standard InChI is InChI=1S/C12H18O4S/c13-17(14,15)11-5-4-9-16-10-8-12-6-2-1-3-7-12/h1-3,6-7H,4-5,8-11H2,(H,13,14,15)/p-1. The minimum absolute atomic E-state index is 0.297. The van der Waals surface area contributed by atoms with Crippen molar-refractivity contribution in [3.63, 3.8) is 0 Å². The number of hydrogen-bond donors (Lipinski definition) is 0. The van der Waals surface area contributed by atoms with E-state index in [1.807, 2.05) is 30.3 Å². The molecule has 0 spiro atoms. The Balaban J connectivity index is 1.99. The Kier molecular flexibility index (Phi) is 6.18. The van der Waals surface area contributed by atoms with Gasteiger partial charge in [-0.3, -0.25) is 0 Å². The molecule has 0 unspecified atom stereocenters. The van der Waals surface area contributed by atoms with Gasteiger partial charge in [0.1, 0.15) is 0 Å². The molecule has 0 saturated heterocycles. The lowest BCUT2D eigenvalue weighted by Gasteiger charge is -2.07. The summed E-state index contributed by atoms with van der Waals surface area (Å²) in [5.41, 5.74) is 1.22. The van der Waals surface area contributed by atoms with Gasteiger partial charge in [0, 0.05) is 12.4 Å². The smallest absolute Gasteiger partial charge is 0.0945 e. The maximum Gasteiger partial charge on any atom is 0.0945 e. The lowest BCUT2D eigenvalue weighted by atomic mass is 10.2. The van der Waals surface area contributed by atoms with Gasteiger partial charge in [-0.2, -0.15) is 0 Å². The van der Waals surface area contributed by atoms with Crippen LogP contribution < -0.4 is 0 Å². The van der Waals surface area contributed by atoms with Gasteiger partial charge in [-0.15, -0.1) is 0 Å². The Morgan fingerprint density at radius 1 is 1.06 bits per heavy atom. The van der Waals surface area contributed by atoms with Gasteiger partial charge >= 0.3 is 0 Å². The molecule has 0 radical (unpaired) electrons. The first-order chi connectivity index (χ1) is 8.08. The third-order valence-electron chi connectivity index (χ3n) is 2.31. The molecule has 1 aromatic carbocycles. The van der Waals surface area contributed by atoms with Crippen molar-refractivity contribution in [2.75, 3.05) is 19.0 Å². The first-order valence-electron chi connectivity index (χ1n) is 5.63. The predicted octanol–water partition coefficient (Wildman–Crippen LogP) is 1.57. The number of benzene rings is 1. The quantitative estimate of drug-likeness (QED) is 0.523. The molecule has 0 aliphatic rings. The fraction of sp³-hybridized carbons (Fsp3) is 0.500. The molecule has 0 fully saturated rings. The second-order valence-corrected chi connectivity index (χ2v) is 5.34. The SMILES string of the molecule is O=S(=O)([O-])CCCCOCCc1ccccc1. The van der Waals surface area contributed by atoms with Crippen LogP contribution >= 0.6 is 0 Å². The molecule has 17 heavy (non-hydrogen) atoms. The van der Waals surface area contributed by atoms with Crippen LogP contribution in [0.1, 0.15) is 18.4 Å². The van der Waals surface area contributed by atoms with Crippen LogP contribution in [-0.2, 0) is 21.3 Å². The number of rotatable bonds is 8. The van der Waals surface area contributed by atoms with Crippen LogP contribution in [0.15, 0.2) is 30.3 Å². The van der Waals surface area contributed by atoms with E-state index in [0.29, 0.717) is 26.1 Å². The summed E-state index contributed by atoms with van der Waals surface area (Å²) in [5.74, 6) is -0.297. The van der Waals surface area contributed by atoms with E-state index >= 15 is 0 Å². The average molecular weight is 257 g/mol.